The monoisotopic (exact) mass is 279 g/mol. The molecule has 1 aliphatic rings. The maximum Gasteiger partial charge on any atom is 0.393 e. The number of hydrogen-bond donors (Lipinski definition) is 1. The van der Waals surface area contributed by atoms with Gasteiger partial charge in [0.05, 0.1) is 11.6 Å². The van der Waals surface area contributed by atoms with Crippen LogP contribution in [0.3, 0.4) is 0 Å². The largest absolute Gasteiger partial charge is 0.393 e. The van der Waals surface area contributed by atoms with Gasteiger partial charge >= 0.3 is 6.18 Å². The topological polar surface area (TPSA) is 42.1 Å². The number of alkyl halides is 3. The minimum absolute atomic E-state index is 0.0823. The molecule has 0 bridgehead atoms. The summed E-state index contributed by atoms with van der Waals surface area (Å²) >= 11 is 1.46. The fourth-order valence-electron chi connectivity index (χ4n) is 2.21. The van der Waals surface area contributed by atoms with E-state index >= 15 is 0 Å². The molecule has 1 saturated heterocycles. The lowest BCUT2D eigenvalue weighted by Crippen LogP contribution is -2.41. The van der Waals surface area contributed by atoms with Gasteiger partial charge in [-0.05, 0) is 19.4 Å². The standard InChI is InChI=1S/C11H16F3N3S/c12-11(13,14)8-2-1-3-17(5-8)6-9-7-18-10(4-15)16-9/h7-8H,1-6,15H2. The van der Waals surface area contributed by atoms with Gasteiger partial charge in [-0.15, -0.1) is 11.3 Å². The van der Waals surface area contributed by atoms with Crippen LogP contribution in [0, 0.1) is 5.92 Å². The number of likely N-dealkylation sites (tertiary alicyclic amines) is 1. The van der Waals surface area contributed by atoms with Crippen LogP contribution in [0.15, 0.2) is 5.38 Å². The molecule has 0 aromatic carbocycles. The number of halogens is 3. The highest BCUT2D eigenvalue weighted by atomic mass is 32.1. The lowest BCUT2D eigenvalue weighted by Gasteiger charge is -2.33. The van der Waals surface area contributed by atoms with Crippen molar-refractivity contribution in [2.45, 2.75) is 32.1 Å². The molecule has 2 heterocycles. The summed E-state index contributed by atoms with van der Waals surface area (Å²) in [7, 11) is 0. The molecule has 102 valence electrons. The SMILES string of the molecule is NCc1nc(CN2CCCC(C(F)(F)F)C2)cs1. The van der Waals surface area contributed by atoms with Crippen molar-refractivity contribution in [2.24, 2.45) is 11.7 Å². The van der Waals surface area contributed by atoms with Gasteiger partial charge in [0.2, 0.25) is 0 Å². The van der Waals surface area contributed by atoms with Gasteiger partial charge < -0.3 is 5.73 Å². The first-order chi connectivity index (χ1) is 8.49. The van der Waals surface area contributed by atoms with Crippen LogP contribution in [0.2, 0.25) is 0 Å². The van der Waals surface area contributed by atoms with Gasteiger partial charge in [0.25, 0.3) is 0 Å². The Hall–Kier alpha value is -0.660. The molecule has 0 aliphatic carbocycles. The zero-order valence-corrected chi connectivity index (χ0v) is 10.7. The Balaban J connectivity index is 1.93. The molecule has 0 amide bonds. The number of rotatable bonds is 3. The third-order valence-electron chi connectivity index (χ3n) is 3.13. The van der Waals surface area contributed by atoms with E-state index in [0.29, 0.717) is 26.1 Å². The summed E-state index contributed by atoms with van der Waals surface area (Å²) in [5, 5.41) is 2.70. The van der Waals surface area contributed by atoms with E-state index in [-0.39, 0.29) is 13.0 Å². The average molecular weight is 279 g/mol. The summed E-state index contributed by atoms with van der Waals surface area (Å²) in [4.78, 5) is 6.11. The van der Waals surface area contributed by atoms with E-state index in [0.717, 1.165) is 10.7 Å². The summed E-state index contributed by atoms with van der Waals surface area (Å²) in [5.41, 5.74) is 6.28. The van der Waals surface area contributed by atoms with Gasteiger partial charge in [-0.1, -0.05) is 0 Å². The number of nitrogens with two attached hydrogens (primary N) is 1. The van der Waals surface area contributed by atoms with Crippen LogP contribution in [0.25, 0.3) is 0 Å². The van der Waals surface area contributed by atoms with Crippen LogP contribution >= 0.6 is 11.3 Å². The Morgan fingerprint density at radius 2 is 2.28 bits per heavy atom. The molecule has 1 unspecified atom stereocenters. The van der Waals surface area contributed by atoms with E-state index in [1.54, 1.807) is 0 Å². The highest BCUT2D eigenvalue weighted by molar-refractivity contribution is 7.09. The van der Waals surface area contributed by atoms with Crippen LogP contribution < -0.4 is 5.73 Å². The minimum atomic E-state index is -4.08. The smallest absolute Gasteiger partial charge is 0.325 e. The molecule has 1 aromatic heterocycles. The Morgan fingerprint density at radius 3 is 2.89 bits per heavy atom. The van der Waals surface area contributed by atoms with Crippen LogP contribution in [-0.4, -0.2) is 29.1 Å². The van der Waals surface area contributed by atoms with Gasteiger partial charge in [0.15, 0.2) is 0 Å². The lowest BCUT2D eigenvalue weighted by atomic mass is 9.97. The zero-order valence-electron chi connectivity index (χ0n) is 9.91. The van der Waals surface area contributed by atoms with E-state index in [9.17, 15) is 13.2 Å². The highest BCUT2D eigenvalue weighted by Crippen LogP contribution is 2.33. The van der Waals surface area contributed by atoms with E-state index in [1.165, 1.54) is 11.3 Å². The van der Waals surface area contributed by atoms with Crippen LogP contribution in [0.1, 0.15) is 23.5 Å². The van der Waals surface area contributed by atoms with E-state index in [4.69, 9.17) is 5.73 Å². The predicted molar refractivity (Wildman–Crippen MR) is 64.1 cm³/mol. The maximum absolute atomic E-state index is 12.7. The Morgan fingerprint density at radius 1 is 1.50 bits per heavy atom. The Kier molecular flexibility index (Phi) is 4.24. The zero-order chi connectivity index (χ0) is 13.2. The first kappa shape index (κ1) is 13.8. The third-order valence-corrected chi connectivity index (χ3v) is 4.05. The second-order valence-corrected chi connectivity index (χ2v) is 5.50. The molecule has 1 fully saturated rings. The highest BCUT2D eigenvalue weighted by Gasteiger charge is 2.41. The van der Waals surface area contributed by atoms with Crippen LogP contribution in [0.4, 0.5) is 13.2 Å². The van der Waals surface area contributed by atoms with Crippen LogP contribution in [0.5, 0.6) is 0 Å². The average Bonchev–Trinajstić information content (AvgIpc) is 2.76. The third kappa shape index (κ3) is 3.43. The molecular formula is C11H16F3N3S. The summed E-state index contributed by atoms with van der Waals surface area (Å²) in [6, 6.07) is 0. The fraction of sp³-hybridized carbons (Fsp3) is 0.727. The Labute approximate surface area is 108 Å². The number of aromatic nitrogens is 1. The van der Waals surface area contributed by atoms with Crippen molar-refractivity contribution >= 4 is 11.3 Å². The number of thiazole rings is 1. The quantitative estimate of drug-likeness (QED) is 0.923. The van der Waals surface area contributed by atoms with Crippen molar-refractivity contribution in [1.82, 2.24) is 9.88 Å². The summed E-state index contributed by atoms with van der Waals surface area (Å²) in [5.74, 6) is -1.20. The predicted octanol–water partition coefficient (Wildman–Crippen LogP) is 2.38. The van der Waals surface area contributed by atoms with Crippen molar-refractivity contribution in [3.8, 4) is 0 Å². The first-order valence-corrected chi connectivity index (χ1v) is 6.79. The molecule has 1 aliphatic heterocycles. The summed E-state index contributed by atoms with van der Waals surface area (Å²) in [6.07, 6.45) is -3.24. The van der Waals surface area contributed by atoms with Gasteiger partial charge in [0, 0.05) is 25.0 Å². The van der Waals surface area contributed by atoms with Crippen molar-refractivity contribution in [1.29, 1.82) is 0 Å². The molecule has 0 saturated carbocycles. The molecule has 1 atom stereocenters. The molecule has 1 aromatic rings. The second kappa shape index (κ2) is 5.54. The van der Waals surface area contributed by atoms with E-state index in [1.807, 2.05) is 10.3 Å². The number of nitrogens with zero attached hydrogens (tertiary/aromatic N) is 2. The number of piperidine rings is 1. The molecule has 0 spiro atoms. The van der Waals surface area contributed by atoms with Gasteiger partial charge in [-0.2, -0.15) is 13.2 Å². The molecule has 3 nitrogen and oxygen atoms in total. The van der Waals surface area contributed by atoms with Crippen molar-refractivity contribution < 1.29 is 13.2 Å². The second-order valence-electron chi connectivity index (χ2n) is 4.55. The maximum atomic E-state index is 12.7. The molecular weight excluding hydrogens is 263 g/mol. The van der Waals surface area contributed by atoms with Gasteiger partial charge in [0.1, 0.15) is 5.01 Å². The number of hydrogen-bond acceptors (Lipinski definition) is 4. The van der Waals surface area contributed by atoms with Crippen molar-refractivity contribution in [2.75, 3.05) is 13.1 Å². The fourth-order valence-corrected chi connectivity index (χ4v) is 2.88. The first-order valence-electron chi connectivity index (χ1n) is 5.91. The molecule has 0 radical (unpaired) electrons. The lowest BCUT2D eigenvalue weighted by molar-refractivity contribution is -0.187. The summed E-state index contributed by atoms with van der Waals surface area (Å²) < 4.78 is 38.0. The van der Waals surface area contributed by atoms with Gasteiger partial charge in [-0.3, -0.25) is 4.90 Å². The molecule has 7 heteroatoms. The summed E-state index contributed by atoms with van der Waals surface area (Å²) in [6.45, 7) is 1.67. The molecule has 18 heavy (non-hydrogen) atoms. The van der Waals surface area contributed by atoms with Gasteiger partial charge in [-0.25, -0.2) is 4.98 Å². The van der Waals surface area contributed by atoms with E-state index in [2.05, 4.69) is 4.98 Å². The minimum Gasteiger partial charge on any atom is -0.325 e. The van der Waals surface area contributed by atoms with Crippen LogP contribution in [-0.2, 0) is 13.1 Å². The van der Waals surface area contributed by atoms with E-state index < -0.39 is 12.1 Å². The van der Waals surface area contributed by atoms with Crippen molar-refractivity contribution in [3.05, 3.63) is 16.1 Å². The van der Waals surface area contributed by atoms with Crippen molar-refractivity contribution in [3.63, 3.8) is 0 Å². The normalized spacial score (nSPS) is 22.3. The molecule has 2 rings (SSSR count). The molecule has 2 N–H and O–H groups in total. The Bertz CT molecular complexity index is 391.